The number of likely N-dealkylation sites (tertiary alicyclic amines) is 1. The summed E-state index contributed by atoms with van der Waals surface area (Å²) in [6.07, 6.45) is 1.93. The fourth-order valence-corrected chi connectivity index (χ4v) is 3.49. The van der Waals surface area contributed by atoms with Crippen LogP contribution in [0.3, 0.4) is 0 Å². The maximum atomic E-state index is 11.4. The Kier molecular flexibility index (Phi) is 4.99. The third kappa shape index (κ3) is 3.92. The lowest BCUT2D eigenvalue weighted by molar-refractivity contribution is 0.0694. The zero-order chi connectivity index (χ0) is 16.2. The Morgan fingerprint density at radius 1 is 1.13 bits per heavy atom. The second-order valence-electron chi connectivity index (χ2n) is 6.07. The van der Waals surface area contributed by atoms with E-state index in [1.807, 2.05) is 12.1 Å². The van der Waals surface area contributed by atoms with E-state index in [1.165, 1.54) is 5.56 Å². The minimum atomic E-state index is -0.872. The van der Waals surface area contributed by atoms with Crippen LogP contribution in [0.5, 0.6) is 0 Å². The highest BCUT2D eigenvalue weighted by Gasteiger charge is 2.24. The Bertz CT molecular complexity index is 679. The molecule has 1 fully saturated rings. The van der Waals surface area contributed by atoms with Crippen LogP contribution in [-0.4, -0.2) is 29.1 Å². The molecule has 0 radical (unpaired) electrons. The molecule has 0 bridgehead atoms. The quantitative estimate of drug-likeness (QED) is 0.902. The number of aromatic carboxylic acids is 1. The molecule has 1 heterocycles. The minimum Gasteiger partial charge on any atom is -0.478 e. The van der Waals surface area contributed by atoms with Crippen molar-refractivity contribution < 1.29 is 9.90 Å². The molecule has 0 amide bonds. The van der Waals surface area contributed by atoms with Gasteiger partial charge in [-0.05, 0) is 61.2 Å². The topological polar surface area (TPSA) is 40.5 Å². The van der Waals surface area contributed by atoms with Crippen molar-refractivity contribution in [2.45, 2.75) is 25.3 Å². The highest BCUT2D eigenvalue weighted by Crippen LogP contribution is 2.32. The number of piperidine rings is 1. The Morgan fingerprint density at radius 3 is 2.48 bits per heavy atom. The van der Waals surface area contributed by atoms with E-state index in [0.717, 1.165) is 38.0 Å². The van der Waals surface area contributed by atoms with Crippen LogP contribution < -0.4 is 0 Å². The molecule has 1 saturated heterocycles. The zero-order valence-electron chi connectivity index (χ0n) is 12.9. The van der Waals surface area contributed by atoms with E-state index < -0.39 is 5.97 Å². The van der Waals surface area contributed by atoms with E-state index in [9.17, 15) is 9.90 Å². The molecule has 0 aromatic heterocycles. The number of nitrogens with zero attached hydrogens (tertiary/aromatic N) is 1. The van der Waals surface area contributed by atoms with Crippen LogP contribution >= 0.6 is 11.6 Å². The van der Waals surface area contributed by atoms with Gasteiger partial charge in [-0.1, -0.05) is 41.9 Å². The lowest BCUT2D eigenvalue weighted by Crippen LogP contribution is -2.32. The molecular formula is C19H20ClNO2. The van der Waals surface area contributed by atoms with Crippen LogP contribution in [-0.2, 0) is 6.54 Å². The normalized spacial score (nSPS) is 16.4. The maximum Gasteiger partial charge on any atom is 0.335 e. The lowest BCUT2D eigenvalue weighted by Gasteiger charge is -2.32. The number of carboxylic acid groups (broad SMARTS) is 1. The van der Waals surface area contributed by atoms with Crippen LogP contribution in [0.4, 0.5) is 0 Å². The summed E-state index contributed by atoms with van der Waals surface area (Å²) in [5.41, 5.74) is 2.58. The molecule has 3 nitrogen and oxygen atoms in total. The van der Waals surface area contributed by atoms with Crippen LogP contribution in [0.15, 0.2) is 48.5 Å². The molecule has 4 heteroatoms. The van der Waals surface area contributed by atoms with Crippen molar-refractivity contribution in [3.05, 3.63) is 70.2 Å². The van der Waals surface area contributed by atoms with Gasteiger partial charge in [0, 0.05) is 11.6 Å². The van der Waals surface area contributed by atoms with Gasteiger partial charge in [0.15, 0.2) is 0 Å². The molecule has 0 saturated carbocycles. The van der Waals surface area contributed by atoms with Crippen molar-refractivity contribution in [3.8, 4) is 0 Å². The summed E-state index contributed by atoms with van der Waals surface area (Å²) in [7, 11) is 0. The average Bonchev–Trinajstić information content (AvgIpc) is 2.56. The van der Waals surface area contributed by atoms with Gasteiger partial charge in [0.05, 0.1) is 5.56 Å². The van der Waals surface area contributed by atoms with Gasteiger partial charge in [0.1, 0.15) is 0 Å². The summed E-state index contributed by atoms with van der Waals surface area (Å²) in [5.74, 6) is -0.602. The summed E-state index contributed by atoms with van der Waals surface area (Å²) in [6, 6.07) is 15.5. The second-order valence-corrected chi connectivity index (χ2v) is 6.51. The molecule has 23 heavy (non-hydrogen) atoms. The Labute approximate surface area is 141 Å². The summed E-state index contributed by atoms with van der Waals surface area (Å²) < 4.78 is 0. The predicted octanol–water partition coefficient (Wildman–Crippen LogP) is 4.42. The molecule has 2 aromatic carbocycles. The number of rotatable bonds is 4. The molecule has 0 atom stereocenters. The average molecular weight is 330 g/mol. The van der Waals surface area contributed by atoms with Gasteiger partial charge in [0.25, 0.3) is 0 Å². The minimum absolute atomic E-state index is 0.270. The zero-order valence-corrected chi connectivity index (χ0v) is 13.7. The maximum absolute atomic E-state index is 11.4. The van der Waals surface area contributed by atoms with Gasteiger partial charge in [-0.25, -0.2) is 4.79 Å². The number of benzene rings is 2. The molecule has 1 aliphatic heterocycles. The van der Waals surface area contributed by atoms with E-state index in [1.54, 1.807) is 12.1 Å². The molecule has 1 aliphatic rings. The van der Waals surface area contributed by atoms with Crippen LogP contribution in [0.2, 0.25) is 5.02 Å². The van der Waals surface area contributed by atoms with Crippen molar-refractivity contribution in [1.29, 1.82) is 0 Å². The first-order valence-corrected chi connectivity index (χ1v) is 8.30. The molecule has 0 unspecified atom stereocenters. The number of hydrogen-bond donors (Lipinski definition) is 1. The van der Waals surface area contributed by atoms with Crippen LogP contribution in [0, 0.1) is 0 Å². The largest absolute Gasteiger partial charge is 0.478 e. The third-order valence-electron chi connectivity index (χ3n) is 4.52. The summed E-state index contributed by atoms with van der Waals surface area (Å²) in [5, 5.41) is 9.99. The Morgan fingerprint density at radius 2 is 1.83 bits per heavy atom. The predicted molar refractivity (Wildman–Crippen MR) is 92.1 cm³/mol. The van der Waals surface area contributed by atoms with Crippen molar-refractivity contribution in [3.63, 3.8) is 0 Å². The van der Waals surface area contributed by atoms with Gasteiger partial charge in [-0.2, -0.15) is 0 Å². The highest BCUT2D eigenvalue weighted by atomic mass is 35.5. The van der Waals surface area contributed by atoms with Gasteiger partial charge in [0.2, 0.25) is 0 Å². The number of carbonyl (C=O) groups is 1. The molecule has 0 spiro atoms. The molecular weight excluding hydrogens is 310 g/mol. The number of hydrogen-bond acceptors (Lipinski definition) is 2. The van der Waals surface area contributed by atoms with E-state index in [2.05, 4.69) is 29.2 Å². The Hall–Kier alpha value is -1.84. The monoisotopic (exact) mass is 329 g/mol. The highest BCUT2D eigenvalue weighted by molar-refractivity contribution is 6.30. The van der Waals surface area contributed by atoms with E-state index in [4.69, 9.17) is 11.6 Å². The van der Waals surface area contributed by atoms with Crippen molar-refractivity contribution in [2.24, 2.45) is 0 Å². The molecule has 3 rings (SSSR count). The number of carboxylic acids is 1. The third-order valence-corrected chi connectivity index (χ3v) is 4.76. The van der Waals surface area contributed by atoms with Gasteiger partial charge in [-0.15, -0.1) is 0 Å². The lowest BCUT2D eigenvalue weighted by atomic mass is 9.86. The first-order chi connectivity index (χ1) is 11.1. The Balaban J connectivity index is 1.67. The SMILES string of the molecule is O=C(O)c1ccc(Cl)cc1C1CCN(Cc2ccccc2)CC1. The van der Waals surface area contributed by atoms with E-state index >= 15 is 0 Å². The molecule has 0 aliphatic carbocycles. The molecule has 120 valence electrons. The summed E-state index contributed by atoms with van der Waals surface area (Å²) >= 11 is 6.07. The van der Waals surface area contributed by atoms with Crippen LogP contribution in [0.25, 0.3) is 0 Å². The fourth-order valence-electron chi connectivity index (χ4n) is 3.31. The fraction of sp³-hybridized carbons (Fsp3) is 0.316. The van der Waals surface area contributed by atoms with E-state index in [0.29, 0.717) is 10.6 Å². The summed E-state index contributed by atoms with van der Waals surface area (Å²) in [4.78, 5) is 13.9. The first kappa shape index (κ1) is 16.0. The van der Waals surface area contributed by atoms with Crippen molar-refractivity contribution in [2.75, 3.05) is 13.1 Å². The van der Waals surface area contributed by atoms with Gasteiger partial charge >= 0.3 is 5.97 Å². The van der Waals surface area contributed by atoms with Gasteiger partial charge < -0.3 is 5.11 Å². The van der Waals surface area contributed by atoms with Crippen LogP contribution in [0.1, 0.15) is 40.2 Å². The summed E-state index contributed by atoms with van der Waals surface area (Å²) in [6.45, 7) is 2.91. The van der Waals surface area contributed by atoms with E-state index in [-0.39, 0.29) is 5.92 Å². The smallest absolute Gasteiger partial charge is 0.335 e. The first-order valence-electron chi connectivity index (χ1n) is 7.92. The van der Waals surface area contributed by atoms with Gasteiger partial charge in [-0.3, -0.25) is 4.90 Å². The molecule has 2 aromatic rings. The van der Waals surface area contributed by atoms with Crippen molar-refractivity contribution in [1.82, 2.24) is 4.90 Å². The van der Waals surface area contributed by atoms with Crippen molar-refractivity contribution >= 4 is 17.6 Å². The number of halogens is 1. The molecule has 1 N–H and O–H groups in total. The second kappa shape index (κ2) is 7.16. The standard InChI is InChI=1S/C19H20ClNO2/c20-16-6-7-17(19(22)23)18(12-16)15-8-10-21(11-9-15)13-14-4-2-1-3-5-14/h1-7,12,15H,8-11,13H2,(H,22,23).